The van der Waals surface area contributed by atoms with E-state index >= 15 is 0 Å². The number of carboxylic acids is 1. The minimum atomic E-state index is -0.939. The number of ether oxygens (including phenoxy) is 1. The van der Waals surface area contributed by atoms with Crippen LogP contribution in [-0.4, -0.2) is 20.6 Å². The lowest BCUT2D eigenvalue weighted by molar-refractivity contribution is 0.0687. The highest BCUT2D eigenvalue weighted by Gasteiger charge is 2.18. The van der Waals surface area contributed by atoms with E-state index in [1.54, 1.807) is 29.9 Å². The fourth-order valence-corrected chi connectivity index (χ4v) is 2.75. The van der Waals surface area contributed by atoms with E-state index < -0.39 is 5.97 Å². The third kappa shape index (κ3) is 2.77. The summed E-state index contributed by atoms with van der Waals surface area (Å²) in [6.45, 7) is 4.15. The van der Waals surface area contributed by atoms with Gasteiger partial charge in [-0.2, -0.15) is 0 Å². The van der Waals surface area contributed by atoms with E-state index in [9.17, 15) is 9.90 Å². The van der Waals surface area contributed by atoms with Gasteiger partial charge in [0.25, 0.3) is 0 Å². The molecule has 2 heterocycles. The van der Waals surface area contributed by atoms with Crippen molar-refractivity contribution >= 4 is 16.9 Å². The molecule has 0 amide bonds. The van der Waals surface area contributed by atoms with Gasteiger partial charge < -0.3 is 14.4 Å². The third-order valence-corrected chi connectivity index (χ3v) is 3.83. The van der Waals surface area contributed by atoms with Crippen LogP contribution in [0.2, 0.25) is 0 Å². The van der Waals surface area contributed by atoms with Crippen LogP contribution in [0.4, 0.5) is 0 Å². The Morgan fingerprint density at radius 1 is 1.26 bits per heavy atom. The maximum atomic E-state index is 11.4. The number of nitrogens with zero attached hydrogens (tertiary/aromatic N) is 2. The number of carboxylic acid groups (broad SMARTS) is 1. The SMILES string of the molecule is CC(C)c1cc(Oc2ccccn2)cc2cc(C(=O)O)n(C)c12. The molecule has 0 atom stereocenters. The third-order valence-electron chi connectivity index (χ3n) is 3.83. The summed E-state index contributed by atoms with van der Waals surface area (Å²) in [7, 11) is 1.77. The van der Waals surface area contributed by atoms with Crippen molar-refractivity contribution in [3.63, 3.8) is 0 Å². The van der Waals surface area contributed by atoms with Crippen LogP contribution in [0, 0.1) is 0 Å². The standard InChI is InChI=1S/C18H18N2O3/c1-11(2)14-10-13(23-16-6-4-5-7-19-16)8-12-9-15(18(21)22)20(3)17(12)14/h4-11H,1-3H3,(H,21,22). The van der Waals surface area contributed by atoms with Gasteiger partial charge in [-0.3, -0.25) is 0 Å². The molecule has 2 aromatic heterocycles. The Labute approximate surface area is 134 Å². The first kappa shape index (κ1) is 15.1. The van der Waals surface area contributed by atoms with Gasteiger partial charge >= 0.3 is 5.97 Å². The van der Waals surface area contributed by atoms with Gasteiger partial charge in [0.15, 0.2) is 0 Å². The first-order valence-corrected chi connectivity index (χ1v) is 7.43. The van der Waals surface area contributed by atoms with Crippen LogP contribution < -0.4 is 4.74 Å². The summed E-state index contributed by atoms with van der Waals surface area (Å²) in [6.07, 6.45) is 1.67. The Morgan fingerprint density at radius 3 is 2.65 bits per heavy atom. The predicted octanol–water partition coefficient (Wildman–Crippen LogP) is 4.19. The maximum absolute atomic E-state index is 11.4. The van der Waals surface area contributed by atoms with Crippen LogP contribution in [-0.2, 0) is 7.05 Å². The molecule has 1 aromatic carbocycles. The van der Waals surface area contributed by atoms with Crippen LogP contribution in [0.25, 0.3) is 10.9 Å². The second-order valence-corrected chi connectivity index (χ2v) is 5.77. The molecule has 5 nitrogen and oxygen atoms in total. The molecule has 1 N–H and O–H groups in total. The topological polar surface area (TPSA) is 64.3 Å². The molecule has 0 saturated carbocycles. The highest BCUT2D eigenvalue weighted by molar-refractivity contribution is 5.96. The monoisotopic (exact) mass is 310 g/mol. The summed E-state index contributed by atoms with van der Waals surface area (Å²) in [5.74, 6) is 0.462. The van der Waals surface area contributed by atoms with Gasteiger partial charge in [-0.25, -0.2) is 9.78 Å². The quantitative estimate of drug-likeness (QED) is 0.785. The Balaban J connectivity index is 2.16. The minimum Gasteiger partial charge on any atom is -0.477 e. The fourth-order valence-electron chi connectivity index (χ4n) is 2.75. The van der Waals surface area contributed by atoms with E-state index in [0.29, 0.717) is 11.6 Å². The lowest BCUT2D eigenvalue weighted by atomic mass is 10.00. The summed E-state index contributed by atoms with van der Waals surface area (Å²) in [5.41, 5.74) is 2.23. The molecule has 3 rings (SSSR count). The van der Waals surface area contributed by atoms with Gasteiger partial charge in [0, 0.05) is 24.7 Å². The zero-order chi connectivity index (χ0) is 16.6. The molecule has 118 valence electrons. The highest BCUT2D eigenvalue weighted by Crippen LogP contribution is 2.33. The van der Waals surface area contributed by atoms with Crippen LogP contribution in [0.1, 0.15) is 35.8 Å². The zero-order valence-electron chi connectivity index (χ0n) is 13.3. The molecule has 5 heteroatoms. The number of carbonyl (C=O) groups is 1. The predicted molar refractivity (Wildman–Crippen MR) is 88.3 cm³/mol. The number of aromatic carboxylic acids is 1. The van der Waals surface area contributed by atoms with E-state index in [1.165, 1.54) is 0 Å². The smallest absolute Gasteiger partial charge is 0.352 e. The fraction of sp³-hybridized carbons (Fsp3) is 0.222. The molecule has 0 radical (unpaired) electrons. The van der Waals surface area contributed by atoms with Crippen molar-refractivity contribution in [2.45, 2.75) is 19.8 Å². The Morgan fingerprint density at radius 2 is 2.04 bits per heavy atom. The molecule has 0 fully saturated rings. The molecule has 0 unspecified atom stereocenters. The van der Waals surface area contributed by atoms with E-state index in [4.69, 9.17) is 4.74 Å². The molecular formula is C18H18N2O3. The minimum absolute atomic E-state index is 0.236. The van der Waals surface area contributed by atoms with Crippen LogP contribution >= 0.6 is 0 Å². The lowest BCUT2D eigenvalue weighted by Crippen LogP contribution is -2.05. The number of rotatable bonds is 4. The van der Waals surface area contributed by atoms with Crippen molar-refractivity contribution in [3.8, 4) is 11.6 Å². The Bertz CT molecular complexity index is 867. The largest absolute Gasteiger partial charge is 0.477 e. The van der Waals surface area contributed by atoms with Gasteiger partial charge in [0.1, 0.15) is 11.4 Å². The molecule has 0 bridgehead atoms. The summed E-state index contributed by atoms with van der Waals surface area (Å²) in [6, 6.07) is 10.9. The Kier molecular flexibility index (Phi) is 3.78. The van der Waals surface area contributed by atoms with Crippen molar-refractivity contribution in [3.05, 3.63) is 53.9 Å². The van der Waals surface area contributed by atoms with Crippen LogP contribution in [0.3, 0.4) is 0 Å². The van der Waals surface area contributed by atoms with E-state index in [1.807, 2.05) is 24.3 Å². The number of hydrogen-bond donors (Lipinski definition) is 1. The summed E-state index contributed by atoms with van der Waals surface area (Å²) < 4.78 is 7.54. The maximum Gasteiger partial charge on any atom is 0.352 e. The van der Waals surface area contributed by atoms with Crippen LogP contribution in [0.5, 0.6) is 11.6 Å². The molecular weight excluding hydrogens is 292 g/mol. The number of aromatic nitrogens is 2. The van der Waals surface area contributed by atoms with E-state index in [0.717, 1.165) is 16.5 Å². The summed E-state index contributed by atoms with van der Waals surface area (Å²) in [5, 5.41) is 10.2. The first-order valence-electron chi connectivity index (χ1n) is 7.43. The van der Waals surface area contributed by atoms with Crippen molar-refractivity contribution in [2.75, 3.05) is 0 Å². The average molecular weight is 310 g/mol. The average Bonchev–Trinajstić information content (AvgIpc) is 2.85. The summed E-state index contributed by atoms with van der Waals surface area (Å²) >= 11 is 0. The molecule has 0 spiro atoms. The molecule has 0 saturated heterocycles. The molecule has 0 aliphatic rings. The number of benzene rings is 1. The number of aryl methyl sites for hydroxylation is 1. The van der Waals surface area contributed by atoms with Gasteiger partial charge in [0.2, 0.25) is 5.88 Å². The van der Waals surface area contributed by atoms with E-state index in [2.05, 4.69) is 18.8 Å². The molecule has 0 aliphatic heterocycles. The Hall–Kier alpha value is -2.82. The van der Waals surface area contributed by atoms with Gasteiger partial charge in [-0.1, -0.05) is 19.9 Å². The first-order chi connectivity index (χ1) is 11.0. The molecule has 3 aromatic rings. The van der Waals surface area contributed by atoms with Crippen molar-refractivity contribution in [2.24, 2.45) is 7.05 Å². The van der Waals surface area contributed by atoms with Gasteiger partial charge in [0.05, 0.1) is 5.52 Å². The van der Waals surface area contributed by atoms with Gasteiger partial charge in [-0.05, 0) is 35.7 Å². The number of pyridine rings is 1. The normalized spacial score (nSPS) is 11.1. The highest BCUT2D eigenvalue weighted by atomic mass is 16.5. The molecule has 23 heavy (non-hydrogen) atoms. The van der Waals surface area contributed by atoms with Crippen molar-refractivity contribution in [1.29, 1.82) is 0 Å². The molecule has 0 aliphatic carbocycles. The zero-order valence-corrected chi connectivity index (χ0v) is 13.3. The second-order valence-electron chi connectivity index (χ2n) is 5.77. The number of hydrogen-bond acceptors (Lipinski definition) is 3. The van der Waals surface area contributed by atoms with Crippen molar-refractivity contribution < 1.29 is 14.6 Å². The number of fused-ring (bicyclic) bond motifs is 1. The van der Waals surface area contributed by atoms with Crippen LogP contribution in [0.15, 0.2) is 42.6 Å². The van der Waals surface area contributed by atoms with Gasteiger partial charge in [-0.15, -0.1) is 0 Å². The lowest BCUT2D eigenvalue weighted by Gasteiger charge is -2.13. The van der Waals surface area contributed by atoms with Crippen molar-refractivity contribution in [1.82, 2.24) is 9.55 Å². The second kappa shape index (κ2) is 5.76. The summed E-state index contributed by atoms with van der Waals surface area (Å²) in [4.78, 5) is 15.5. The van der Waals surface area contributed by atoms with E-state index in [-0.39, 0.29) is 11.6 Å².